The lowest BCUT2D eigenvalue weighted by Crippen LogP contribution is -2.14. The fraction of sp³-hybridized carbons (Fsp3) is 0.222. The lowest BCUT2D eigenvalue weighted by molar-refractivity contribution is -0.114. The molecule has 24 heavy (non-hydrogen) atoms. The minimum absolute atomic E-state index is 0.0548. The van der Waals surface area contributed by atoms with E-state index in [2.05, 4.69) is 10.6 Å². The van der Waals surface area contributed by atoms with Crippen LogP contribution >= 0.6 is 11.8 Å². The molecule has 0 aliphatic rings. The van der Waals surface area contributed by atoms with E-state index in [0.29, 0.717) is 17.1 Å². The molecule has 0 radical (unpaired) electrons. The molecule has 0 saturated carbocycles. The highest BCUT2D eigenvalue weighted by Crippen LogP contribution is 2.17. The second kappa shape index (κ2) is 8.98. The van der Waals surface area contributed by atoms with Crippen molar-refractivity contribution < 1.29 is 14.3 Å². The molecular weight excluding hydrogens is 324 g/mol. The van der Waals surface area contributed by atoms with Gasteiger partial charge in [-0.15, -0.1) is 11.8 Å². The number of anilines is 2. The molecule has 2 aromatic rings. The van der Waals surface area contributed by atoms with Gasteiger partial charge in [0.05, 0.1) is 12.9 Å². The lowest BCUT2D eigenvalue weighted by Gasteiger charge is -2.07. The summed E-state index contributed by atoms with van der Waals surface area (Å²) in [6.45, 7) is 1.45. The van der Waals surface area contributed by atoms with Gasteiger partial charge in [0.2, 0.25) is 11.8 Å². The molecule has 5 nitrogen and oxygen atoms in total. The van der Waals surface area contributed by atoms with Crippen molar-refractivity contribution >= 4 is 35.0 Å². The van der Waals surface area contributed by atoms with E-state index < -0.39 is 0 Å². The quantitative estimate of drug-likeness (QED) is 0.806. The summed E-state index contributed by atoms with van der Waals surface area (Å²) in [6.07, 6.45) is 0. The van der Waals surface area contributed by atoms with Crippen molar-refractivity contribution in [3.8, 4) is 5.75 Å². The van der Waals surface area contributed by atoms with Gasteiger partial charge in [-0.05, 0) is 42.0 Å². The molecule has 0 heterocycles. The fourth-order valence-corrected chi connectivity index (χ4v) is 2.81. The Kier molecular flexibility index (Phi) is 6.69. The van der Waals surface area contributed by atoms with Crippen LogP contribution in [0.1, 0.15) is 12.5 Å². The van der Waals surface area contributed by atoms with Crippen LogP contribution in [0.2, 0.25) is 0 Å². The van der Waals surface area contributed by atoms with Gasteiger partial charge in [-0.2, -0.15) is 0 Å². The zero-order chi connectivity index (χ0) is 17.4. The smallest absolute Gasteiger partial charge is 0.234 e. The van der Waals surface area contributed by atoms with Gasteiger partial charge in [0, 0.05) is 24.1 Å². The van der Waals surface area contributed by atoms with Gasteiger partial charge >= 0.3 is 0 Å². The largest absolute Gasteiger partial charge is 0.497 e. The first-order chi connectivity index (χ1) is 11.6. The van der Waals surface area contributed by atoms with Crippen LogP contribution in [0.25, 0.3) is 0 Å². The third kappa shape index (κ3) is 5.96. The number of ether oxygens (including phenoxy) is 1. The molecule has 0 fully saturated rings. The van der Waals surface area contributed by atoms with E-state index in [-0.39, 0.29) is 11.8 Å². The molecule has 0 unspecified atom stereocenters. The molecule has 2 rings (SSSR count). The van der Waals surface area contributed by atoms with Gasteiger partial charge in [-0.3, -0.25) is 9.59 Å². The summed E-state index contributed by atoms with van der Waals surface area (Å²) >= 11 is 1.55. The molecule has 0 aromatic heterocycles. The average Bonchev–Trinajstić information content (AvgIpc) is 2.57. The summed E-state index contributed by atoms with van der Waals surface area (Å²) in [5.41, 5.74) is 2.56. The zero-order valence-electron chi connectivity index (χ0n) is 13.7. The Labute approximate surface area is 145 Å². The first-order valence-corrected chi connectivity index (χ1v) is 8.60. The first-order valence-electron chi connectivity index (χ1n) is 7.45. The number of amides is 2. The van der Waals surface area contributed by atoms with Gasteiger partial charge in [-0.25, -0.2) is 0 Å². The fourth-order valence-electron chi connectivity index (χ4n) is 2.02. The molecule has 0 aliphatic carbocycles. The van der Waals surface area contributed by atoms with Crippen molar-refractivity contribution in [2.45, 2.75) is 12.7 Å². The van der Waals surface area contributed by atoms with Crippen LogP contribution in [0.15, 0.2) is 48.5 Å². The molecule has 0 aliphatic heterocycles. The predicted octanol–water partition coefficient (Wildman–Crippen LogP) is 3.53. The van der Waals surface area contributed by atoms with Crippen molar-refractivity contribution in [2.24, 2.45) is 0 Å². The summed E-state index contributed by atoms with van der Waals surface area (Å²) in [7, 11) is 1.64. The SMILES string of the molecule is COc1ccc(CSCC(=O)Nc2ccc(NC(C)=O)cc2)cc1. The molecule has 2 aromatic carbocycles. The Hall–Kier alpha value is -2.47. The summed E-state index contributed by atoms with van der Waals surface area (Å²) in [4.78, 5) is 22.9. The van der Waals surface area contributed by atoms with Crippen molar-refractivity contribution in [2.75, 3.05) is 23.5 Å². The topological polar surface area (TPSA) is 67.4 Å². The number of methoxy groups -OCH3 is 1. The minimum atomic E-state index is -0.123. The summed E-state index contributed by atoms with van der Waals surface area (Å²) in [5, 5.41) is 5.52. The Balaban J connectivity index is 1.75. The van der Waals surface area contributed by atoms with E-state index in [1.807, 2.05) is 24.3 Å². The normalized spacial score (nSPS) is 10.1. The molecule has 126 valence electrons. The number of rotatable bonds is 7. The summed E-state index contributed by atoms with van der Waals surface area (Å²) in [5.74, 6) is 1.78. The predicted molar refractivity (Wildman–Crippen MR) is 98.5 cm³/mol. The molecule has 0 saturated heterocycles. The Morgan fingerprint density at radius 2 is 1.54 bits per heavy atom. The second-order valence-electron chi connectivity index (χ2n) is 5.15. The zero-order valence-corrected chi connectivity index (χ0v) is 14.5. The van der Waals surface area contributed by atoms with Crippen LogP contribution in [0.5, 0.6) is 5.75 Å². The standard InChI is InChI=1S/C18H20N2O3S/c1-13(21)19-15-5-7-16(8-6-15)20-18(22)12-24-11-14-3-9-17(23-2)10-4-14/h3-10H,11-12H2,1-2H3,(H,19,21)(H,20,22). The second-order valence-corrected chi connectivity index (χ2v) is 6.13. The Morgan fingerprint density at radius 1 is 0.958 bits per heavy atom. The highest BCUT2D eigenvalue weighted by atomic mass is 32.2. The molecule has 0 atom stereocenters. The number of nitrogens with one attached hydrogen (secondary N) is 2. The van der Waals surface area contributed by atoms with Crippen LogP contribution in [0.4, 0.5) is 11.4 Å². The number of carbonyl (C=O) groups excluding carboxylic acids is 2. The highest BCUT2D eigenvalue weighted by Gasteiger charge is 2.04. The van der Waals surface area contributed by atoms with E-state index in [4.69, 9.17) is 4.74 Å². The number of benzene rings is 2. The number of hydrogen-bond donors (Lipinski definition) is 2. The Morgan fingerprint density at radius 3 is 2.08 bits per heavy atom. The number of thioether (sulfide) groups is 1. The number of hydrogen-bond acceptors (Lipinski definition) is 4. The van der Waals surface area contributed by atoms with E-state index in [0.717, 1.165) is 17.1 Å². The van der Waals surface area contributed by atoms with Gasteiger partial charge < -0.3 is 15.4 Å². The maximum atomic E-state index is 11.9. The average molecular weight is 344 g/mol. The van der Waals surface area contributed by atoms with Gasteiger partial charge in [0.1, 0.15) is 5.75 Å². The van der Waals surface area contributed by atoms with Crippen LogP contribution in [-0.4, -0.2) is 24.7 Å². The summed E-state index contributed by atoms with van der Waals surface area (Å²) in [6, 6.07) is 14.8. The summed E-state index contributed by atoms with van der Waals surface area (Å²) < 4.78 is 5.11. The van der Waals surface area contributed by atoms with Gasteiger partial charge in [0.25, 0.3) is 0 Å². The monoisotopic (exact) mass is 344 g/mol. The molecule has 2 N–H and O–H groups in total. The number of carbonyl (C=O) groups is 2. The van der Waals surface area contributed by atoms with Crippen LogP contribution < -0.4 is 15.4 Å². The molecule has 0 bridgehead atoms. The van der Waals surface area contributed by atoms with Gasteiger partial charge in [-0.1, -0.05) is 12.1 Å². The van der Waals surface area contributed by atoms with Crippen molar-refractivity contribution in [1.82, 2.24) is 0 Å². The highest BCUT2D eigenvalue weighted by molar-refractivity contribution is 7.99. The Bertz CT molecular complexity index is 684. The van der Waals surface area contributed by atoms with E-state index in [1.165, 1.54) is 6.92 Å². The third-order valence-electron chi connectivity index (χ3n) is 3.15. The van der Waals surface area contributed by atoms with Crippen LogP contribution in [-0.2, 0) is 15.3 Å². The maximum absolute atomic E-state index is 11.9. The van der Waals surface area contributed by atoms with E-state index in [9.17, 15) is 9.59 Å². The molecule has 0 spiro atoms. The van der Waals surface area contributed by atoms with Crippen molar-refractivity contribution in [3.05, 3.63) is 54.1 Å². The lowest BCUT2D eigenvalue weighted by atomic mass is 10.2. The van der Waals surface area contributed by atoms with Crippen LogP contribution in [0.3, 0.4) is 0 Å². The molecule has 6 heteroatoms. The van der Waals surface area contributed by atoms with Gasteiger partial charge in [0.15, 0.2) is 0 Å². The van der Waals surface area contributed by atoms with Crippen LogP contribution in [0, 0.1) is 0 Å². The molecule has 2 amide bonds. The maximum Gasteiger partial charge on any atom is 0.234 e. The first kappa shape index (κ1) is 17.9. The van der Waals surface area contributed by atoms with E-state index in [1.54, 1.807) is 43.1 Å². The van der Waals surface area contributed by atoms with Crippen molar-refractivity contribution in [3.63, 3.8) is 0 Å². The molecular formula is C18H20N2O3S. The third-order valence-corrected chi connectivity index (χ3v) is 4.15. The minimum Gasteiger partial charge on any atom is -0.497 e. The van der Waals surface area contributed by atoms with Crippen molar-refractivity contribution in [1.29, 1.82) is 0 Å². The van der Waals surface area contributed by atoms with E-state index >= 15 is 0 Å².